The molecule has 0 saturated carbocycles. The van der Waals surface area contributed by atoms with Crippen molar-refractivity contribution in [2.45, 2.75) is 32.7 Å². The van der Waals surface area contributed by atoms with Crippen LogP contribution >= 0.6 is 0 Å². The van der Waals surface area contributed by atoms with Crippen LogP contribution < -0.4 is 9.47 Å². The highest BCUT2D eigenvalue weighted by Gasteiger charge is 2.21. The van der Waals surface area contributed by atoms with Crippen LogP contribution in [0.5, 0.6) is 11.5 Å². The first-order chi connectivity index (χ1) is 20.6. The summed E-state index contributed by atoms with van der Waals surface area (Å²) in [5, 5.41) is 18.8. The maximum atomic E-state index is 15.1. The van der Waals surface area contributed by atoms with Crippen LogP contribution in [0.2, 0.25) is 0 Å². The first-order valence-electron chi connectivity index (χ1n) is 13.5. The number of ether oxygens (including phenoxy) is 2. The van der Waals surface area contributed by atoms with E-state index in [0.29, 0.717) is 46.3 Å². The zero-order valence-corrected chi connectivity index (χ0v) is 23.4. The smallest absolute Gasteiger partial charge is 0.323 e. The van der Waals surface area contributed by atoms with Crippen molar-refractivity contribution in [1.82, 2.24) is 4.57 Å². The number of carboxylic acid groups (broad SMARTS) is 2. The Morgan fingerprint density at radius 1 is 0.860 bits per heavy atom. The minimum Gasteiger partial charge on any atom is -0.490 e. The van der Waals surface area contributed by atoms with E-state index in [1.54, 1.807) is 47.9 Å². The summed E-state index contributed by atoms with van der Waals surface area (Å²) in [7, 11) is 0. The topological polar surface area (TPSA) is 98.0 Å². The van der Waals surface area contributed by atoms with E-state index in [2.05, 4.69) is 0 Å². The van der Waals surface area contributed by atoms with Gasteiger partial charge in [-0.2, -0.15) is 0 Å². The lowest BCUT2D eigenvalue weighted by Crippen LogP contribution is -2.10. The van der Waals surface area contributed by atoms with E-state index < -0.39 is 29.4 Å². The Morgan fingerprint density at radius 3 is 2.26 bits per heavy atom. The average Bonchev–Trinajstić information content (AvgIpc) is 3.23. The molecule has 0 unspecified atom stereocenters. The molecule has 0 bridgehead atoms. The molecule has 4 aromatic rings. The molecule has 0 aliphatic rings. The first kappa shape index (κ1) is 31.0. The van der Waals surface area contributed by atoms with Gasteiger partial charge < -0.3 is 24.3 Å². The standard InChI is InChI=1S/C33H30F3NO6/c1-21-26(5-4-6-30(38)39)32-27(35)15-11-23(33(32)37(21)20-31(40)41)10-7-22-8-13-25(14-9-22)42-17-2-3-18-43-29-16-12-24(34)19-28(29)36/h2-3,7-16,19H,4-6,17-18,20H2,1H3,(H,38,39)(H,40,41). The fraction of sp³-hybridized carbons (Fsp3) is 0.212. The second-order valence-electron chi connectivity index (χ2n) is 9.72. The van der Waals surface area contributed by atoms with Crippen LogP contribution in [0.3, 0.4) is 0 Å². The number of aryl methyl sites for hydroxylation is 1. The lowest BCUT2D eigenvalue weighted by Gasteiger charge is -2.08. The summed E-state index contributed by atoms with van der Waals surface area (Å²) in [6.07, 6.45) is 7.50. The highest BCUT2D eigenvalue weighted by molar-refractivity contribution is 5.95. The van der Waals surface area contributed by atoms with Crippen molar-refractivity contribution in [3.63, 3.8) is 0 Å². The Morgan fingerprint density at radius 2 is 1.58 bits per heavy atom. The minimum atomic E-state index is -1.07. The van der Waals surface area contributed by atoms with Crippen LogP contribution in [0.25, 0.3) is 23.1 Å². The molecule has 1 heterocycles. The summed E-state index contributed by atoms with van der Waals surface area (Å²) >= 11 is 0. The van der Waals surface area contributed by atoms with E-state index in [9.17, 15) is 23.5 Å². The van der Waals surface area contributed by atoms with E-state index >= 15 is 4.39 Å². The van der Waals surface area contributed by atoms with Crippen molar-refractivity contribution < 1.29 is 42.4 Å². The molecule has 0 radical (unpaired) electrons. The molecule has 43 heavy (non-hydrogen) atoms. The molecule has 0 aliphatic heterocycles. The third-order valence-electron chi connectivity index (χ3n) is 6.76. The van der Waals surface area contributed by atoms with Crippen LogP contribution in [0.1, 0.15) is 35.2 Å². The zero-order chi connectivity index (χ0) is 30.9. The van der Waals surface area contributed by atoms with Gasteiger partial charge in [-0.3, -0.25) is 9.59 Å². The molecular formula is C33H30F3NO6. The number of carboxylic acids is 2. The van der Waals surface area contributed by atoms with E-state index in [0.717, 1.165) is 17.7 Å². The second kappa shape index (κ2) is 14.3. The summed E-state index contributed by atoms with van der Waals surface area (Å²) in [4.78, 5) is 22.6. The third kappa shape index (κ3) is 8.06. The summed E-state index contributed by atoms with van der Waals surface area (Å²) in [6, 6.07) is 13.2. The molecule has 10 heteroatoms. The molecule has 7 nitrogen and oxygen atoms in total. The number of benzene rings is 3. The molecule has 0 atom stereocenters. The molecule has 1 aromatic heterocycles. The number of hydrogen-bond donors (Lipinski definition) is 2. The van der Waals surface area contributed by atoms with Gasteiger partial charge in [0.1, 0.15) is 37.1 Å². The summed E-state index contributed by atoms with van der Waals surface area (Å²) in [6.45, 7) is 1.69. The fourth-order valence-electron chi connectivity index (χ4n) is 4.73. The van der Waals surface area contributed by atoms with Gasteiger partial charge in [0.2, 0.25) is 0 Å². The van der Waals surface area contributed by atoms with Crippen LogP contribution in [0, 0.1) is 24.4 Å². The molecule has 2 N–H and O–H groups in total. The van der Waals surface area contributed by atoms with Gasteiger partial charge in [-0.15, -0.1) is 0 Å². The molecule has 0 saturated heterocycles. The lowest BCUT2D eigenvalue weighted by atomic mass is 10.0. The monoisotopic (exact) mass is 593 g/mol. The number of aliphatic carboxylic acids is 2. The Labute approximate surface area is 246 Å². The van der Waals surface area contributed by atoms with Gasteiger partial charge in [-0.05, 0) is 85.0 Å². The Bertz CT molecular complexity index is 1670. The molecule has 0 fully saturated rings. The van der Waals surface area contributed by atoms with Crippen LogP contribution in [-0.2, 0) is 22.6 Å². The van der Waals surface area contributed by atoms with Crippen molar-refractivity contribution in [3.8, 4) is 11.5 Å². The van der Waals surface area contributed by atoms with Crippen molar-refractivity contribution in [2.24, 2.45) is 0 Å². The fourth-order valence-corrected chi connectivity index (χ4v) is 4.73. The largest absolute Gasteiger partial charge is 0.490 e. The van der Waals surface area contributed by atoms with Crippen molar-refractivity contribution >= 4 is 35.0 Å². The van der Waals surface area contributed by atoms with Gasteiger partial charge in [0, 0.05) is 23.6 Å². The number of halogens is 3. The minimum absolute atomic E-state index is 0.0432. The molecule has 0 spiro atoms. The molecule has 0 amide bonds. The summed E-state index contributed by atoms with van der Waals surface area (Å²) in [5.74, 6) is -3.40. The van der Waals surface area contributed by atoms with Gasteiger partial charge in [0.15, 0.2) is 11.6 Å². The molecule has 3 aromatic carbocycles. The number of hydrogen-bond acceptors (Lipinski definition) is 4. The number of fused-ring (bicyclic) bond motifs is 1. The molecule has 0 aliphatic carbocycles. The quantitative estimate of drug-likeness (QED) is 0.120. The van der Waals surface area contributed by atoms with Crippen molar-refractivity contribution in [1.29, 1.82) is 0 Å². The maximum absolute atomic E-state index is 15.1. The number of nitrogens with zero attached hydrogens (tertiary/aromatic N) is 1. The van der Waals surface area contributed by atoms with Gasteiger partial charge in [-0.1, -0.05) is 24.3 Å². The van der Waals surface area contributed by atoms with E-state index in [-0.39, 0.29) is 31.9 Å². The van der Waals surface area contributed by atoms with Gasteiger partial charge in [0.05, 0.1) is 5.52 Å². The third-order valence-corrected chi connectivity index (χ3v) is 6.76. The average molecular weight is 594 g/mol. The van der Waals surface area contributed by atoms with Crippen LogP contribution in [-0.4, -0.2) is 39.9 Å². The number of aromatic nitrogens is 1. The first-order valence-corrected chi connectivity index (χ1v) is 13.5. The molecule has 4 rings (SSSR count). The van der Waals surface area contributed by atoms with E-state index in [1.807, 2.05) is 18.2 Å². The van der Waals surface area contributed by atoms with E-state index in [4.69, 9.17) is 14.6 Å². The summed E-state index contributed by atoms with van der Waals surface area (Å²) in [5.41, 5.74) is 3.09. The van der Waals surface area contributed by atoms with Gasteiger partial charge >= 0.3 is 11.9 Å². The van der Waals surface area contributed by atoms with Crippen LogP contribution in [0.15, 0.2) is 66.7 Å². The normalized spacial score (nSPS) is 11.5. The number of rotatable bonds is 14. The SMILES string of the molecule is Cc1c(CCCC(=O)O)c2c(F)ccc(C=Cc3ccc(OCC=CCOc4ccc(F)cc4F)cc3)c2n1CC(=O)O. The lowest BCUT2D eigenvalue weighted by molar-refractivity contribution is -0.138. The van der Waals surface area contributed by atoms with Gasteiger partial charge in [0.25, 0.3) is 0 Å². The van der Waals surface area contributed by atoms with E-state index in [1.165, 1.54) is 12.1 Å². The predicted molar refractivity (Wildman–Crippen MR) is 157 cm³/mol. The second-order valence-corrected chi connectivity index (χ2v) is 9.72. The number of carbonyl (C=O) groups is 2. The predicted octanol–water partition coefficient (Wildman–Crippen LogP) is 7.04. The highest BCUT2D eigenvalue weighted by Crippen LogP contribution is 2.33. The highest BCUT2D eigenvalue weighted by atomic mass is 19.1. The van der Waals surface area contributed by atoms with Crippen molar-refractivity contribution in [2.75, 3.05) is 13.2 Å². The molecular weight excluding hydrogens is 563 g/mol. The van der Waals surface area contributed by atoms with Crippen molar-refractivity contribution in [3.05, 3.63) is 107 Å². The summed E-state index contributed by atoms with van der Waals surface area (Å²) < 4.78 is 54.1. The Hall–Kier alpha value is -4.99. The van der Waals surface area contributed by atoms with Gasteiger partial charge in [-0.25, -0.2) is 13.2 Å². The van der Waals surface area contributed by atoms with Crippen LogP contribution in [0.4, 0.5) is 13.2 Å². The zero-order valence-electron chi connectivity index (χ0n) is 23.4. The maximum Gasteiger partial charge on any atom is 0.323 e. The Kier molecular flexibility index (Phi) is 10.3. The Balaban J connectivity index is 1.43. The molecule has 224 valence electrons.